The second-order valence-electron chi connectivity index (χ2n) is 6.52. The summed E-state index contributed by atoms with van der Waals surface area (Å²) in [6, 6.07) is 8.08. The van der Waals surface area contributed by atoms with Crippen molar-refractivity contribution >= 4 is 5.78 Å². The van der Waals surface area contributed by atoms with Crippen molar-refractivity contribution in [3.8, 4) is 0 Å². The first-order valence-electron chi connectivity index (χ1n) is 6.73. The minimum Gasteiger partial charge on any atom is -0.305 e. The molecule has 1 N–H and O–H groups in total. The SMILES string of the molecule is CC1(C(=O)c2ccc(C(C)(C)C)cc2)CCCN1. The van der Waals surface area contributed by atoms with Gasteiger partial charge < -0.3 is 5.32 Å². The maximum atomic E-state index is 12.5. The first-order chi connectivity index (χ1) is 8.33. The summed E-state index contributed by atoms with van der Waals surface area (Å²) in [5, 5.41) is 3.33. The van der Waals surface area contributed by atoms with Gasteiger partial charge in [0.05, 0.1) is 5.54 Å². The van der Waals surface area contributed by atoms with Gasteiger partial charge in [-0.2, -0.15) is 0 Å². The highest BCUT2D eigenvalue weighted by Gasteiger charge is 2.36. The van der Waals surface area contributed by atoms with Crippen LogP contribution in [-0.2, 0) is 5.41 Å². The van der Waals surface area contributed by atoms with Crippen LogP contribution in [0.4, 0.5) is 0 Å². The average Bonchev–Trinajstić information content (AvgIpc) is 2.75. The van der Waals surface area contributed by atoms with Crippen LogP contribution in [0.3, 0.4) is 0 Å². The summed E-state index contributed by atoms with van der Waals surface area (Å²) in [6.45, 7) is 9.51. The molecule has 1 unspecified atom stereocenters. The highest BCUT2D eigenvalue weighted by molar-refractivity contribution is 6.03. The van der Waals surface area contributed by atoms with Crippen LogP contribution in [0.25, 0.3) is 0 Å². The fraction of sp³-hybridized carbons (Fsp3) is 0.562. The van der Waals surface area contributed by atoms with Crippen molar-refractivity contribution in [3.63, 3.8) is 0 Å². The molecule has 0 aliphatic carbocycles. The minimum absolute atomic E-state index is 0.136. The third-order valence-electron chi connectivity index (χ3n) is 3.88. The van der Waals surface area contributed by atoms with Crippen molar-refractivity contribution in [1.29, 1.82) is 0 Å². The fourth-order valence-electron chi connectivity index (χ4n) is 2.53. The highest BCUT2D eigenvalue weighted by Crippen LogP contribution is 2.26. The predicted octanol–water partition coefficient (Wildman–Crippen LogP) is 3.31. The topological polar surface area (TPSA) is 29.1 Å². The normalized spacial score (nSPS) is 24.2. The summed E-state index contributed by atoms with van der Waals surface area (Å²) < 4.78 is 0. The third kappa shape index (κ3) is 2.49. The predicted molar refractivity (Wildman–Crippen MR) is 75.1 cm³/mol. The number of hydrogen-bond acceptors (Lipinski definition) is 2. The number of hydrogen-bond donors (Lipinski definition) is 1. The van der Waals surface area contributed by atoms with E-state index in [-0.39, 0.29) is 16.7 Å². The molecule has 1 aromatic carbocycles. The molecule has 1 fully saturated rings. The van der Waals surface area contributed by atoms with Crippen LogP contribution >= 0.6 is 0 Å². The molecule has 98 valence electrons. The van der Waals surface area contributed by atoms with E-state index in [0.717, 1.165) is 24.9 Å². The van der Waals surface area contributed by atoms with Crippen LogP contribution in [0, 0.1) is 0 Å². The molecule has 1 atom stereocenters. The summed E-state index contributed by atoms with van der Waals surface area (Å²) in [5.41, 5.74) is 1.86. The maximum Gasteiger partial charge on any atom is 0.182 e. The zero-order valence-electron chi connectivity index (χ0n) is 11.8. The standard InChI is InChI=1S/C16H23NO/c1-15(2,3)13-8-6-12(7-9-13)14(18)16(4)10-5-11-17-16/h6-9,17H,5,10-11H2,1-4H3. The molecule has 0 spiro atoms. The van der Waals surface area contributed by atoms with Crippen molar-refractivity contribution < 1.29 is 4.79 Å². The Morgan fingerprint density at radius 1 is 1.22 bits per heavy atom. The number of Topliss-reactive ketones (excluding diaryl/α,β-unsaturated/α-hetero) is 1. The van der Waals surface area contributed by atoms with Gasteiger partial charge in [0.25, 0.3) is 0 Å². The summed E-state index contributed by atoms with van der Waals surface area (Å²) in [6.07, 6.45) is 2.02. The number of ketones is 1. The molecule has 1 aliphatic rings. The van der Waals surface area contributed by atoms with E-state index < -0.39 is 0 Å². The molecule has 0 bridgehead atoms. The number of nitrogens with one attached hydrogen (secondary N) is 1. The molecule has 2 nitrogen and oxygen atoms in total. The maximum absolute atomic E-state index is 12.5. The summed E-state index contributed by atoms with van der Waals surface area (Å²) in [5.74, 6) is 0.223. The fourth-order valence-corrected chi connectivity index (χ4v) is 2.53. The molecule has 1 aliphatic heterocycles. The van der Waals surface area contributed by atoms with Crippen LogP contribution < -0.4 is 5.32 Å². The molecule has 1 heterocycles. The molecule has 0 amide bonds. The van der Waals surface area contributed by atoms with Gasteiger partial charge in [-0.05, 0) is 37.3 Å². The van der Waals surface area contributed by atoms with E-state index in [1.165, 1.54) is 5.56 Å². The second-order valence-corrected chi connectivity index (χ2v) is 6.52. The average molecular weight is 245 g/mol. The van der Waals surface area contributed by atoms with E-state index in [1.54, 1.807) is 0 Å². The molecule has 18 heavy (non-hydrogen) atoms. The first-order valence-corrected chi connectivity index (χ1v) is 6.73. The van der Waals surface area contributed by atoms with Crippen LogP contribution in [0.5, 0.6) is 0 Å². The number of carbonyl (C=O) groups excluding carboxylic acids is 1. The number of benzene rings is 1. The Balaban J connectivity index is 2.22. The molecule has 0 aromatic heterocycles. The Morgan fingerprint density at radius 3 is 2.28 bits per heavy atom. The van der Waals surface area contributed by atoms with Crippen LogP contribution in [-0.4, -0.2) is 17.9 Å². The Morgan fingerprint density at radius 2 is 1.83 bits per heavy atom. The second kappa shape index (κ2) is 4.51. The van der Waals surface area contributed by atoms with Crippen molar-refractivity contribution in [1.82, 2.24) is 5.32 Å². The van der Waals surface area contributed by atoms with E-state index in [1.807, 2.05) is 19.1 Å². The van der Waals surface area contributed by atoms with Gasteiger partial charge in [0, 0.05) is 5.56 Å². The van der Waals surface area contributed by atoms with Crippen molar-refractivity contribution in [2.24, 2.45) is 0 Å². The van der Waals surface area contributed by atoms with Gasteiger partial charge in [0.15, 0.2) is 5.78 Å². The number of carbonyl (C=O) groups is 1. The van der Waals surface area contributed by atoms with E-state index >= 15 is 0 Å². The highest BCUT2D eigenvalue weighted by atomic mass is 16.1. The smallest absolute Gasteiger partial charge is 0.182 e. The van der Waals surface area contributed by atoms with Gasteiger partial charge in [-0.25, -0.2) is 0 Å². The number of rotatable bonds is 2. The Kier molecular flexibility index (Phi) is 3.33. The van der Waals surface area contributed by atoms with Crippen molar-refractivity contribution in [3.05, 3.63) is 35.4 Å². The Hall–Kier alpha value is -1.15. The molecule has 1 saturated heterocycles. The van der Waals surface area contributed by atoms with Gasteiger partial charge in [-0.3, -0.25) is 4.79 Å². The van der Waals surface area contributed by atoms with Crippen LogP contribution in [0.1, 0.15) is 56.5 Å². The third-order valence-corrected chi connectivity index (χ3v) is 3.88. The van der Waals surface area contributed by atoms with E-state index in [0.29, 0.717) is 0 Å². The van der Waals surface area contributed by atoms with Crippen LogP contribution in [0.2, 0.25) is 0 Å². The van der Waals surface area contributed by atoms with Gasteiger partial charge in [-0.15, -0.1) is 0 Å². The lowest BCUT2D eigenvalue weighted by Crippen LogP contribution is -2.44. The lowest BCUT2D eigenvalue weighted by atomic mass is 9.84. The zero-order valence-corrected chi connectivity index (χ0v) is 11.8. The quantitative estimate of drug-likeness (QED) is 0.810. The largest absolute Gasteiger partial charge is 0.305 e. The van der Waals surface area contributed by atoms with Gasteiger partial charge >= 0.3 is 0 Å². The Bertz CT molecular complexity index is 433. The molecule has 2 heteroatoms. The van der Waals surface area contributed by atoms with Crippen molar-refractivity contribution in [2.75, 3.05) is 6.54 Å². The van der Waals surface area contributed by atoms with Gasteiger partial charge in [-0.1, -0.05) is 45.0 Å². The molecular formula is C16H23NO. The van der Waals surface area contributed by atoms with Gasteiger partial charge in [0.2, 0.25) is 0 Å². The van der Waals surface area contributed by atoms with Crippen molar-refractivity contribution in [2.45, 2.75) is 51.5 Å². The Labute approximate surface area is 110 Å². The lowest BCUT2D eigenvalue weighted by molar-refractivity contribution is 0.0884. The molecule has 1 aromatic rings. The molecular weight excluding hydrogens is 222 g/mol. The monoisotopic (exact) mass is 245 g/mol. The summed E-state index contributed by atoms with van der Waals surface area (Å²) in [4.78, 5) is 12.5. The lowest BCUT2D eigenvalue weighted by Gasteiger charge is -2.23. The van der Waals surface area contributed by atoms with E-state index in [4.69, 9.17) is 0 Å². The van der Waals surface area contributed by atoms with Gasteiger partial charge in [0.1, 0.15) is 0 Å². The summed E-state index contributed by atoms with van der Waals surface area (Å²) in [7, 11) is 0. The minimum atomic E-state index is -0.358. The van der Waals surface area contributed by atoms with E-state index in [9.17, 15) is 4.79 Å². The molecule has 2 rings (SSSR count). The summed E-state index contributed by atoms with van der Waals surface area (Å²) >= 11 is 0. The van der Waals surface area contributed by atoms with Crippen LogP contribution in [0.15, 0.2) is 24.3 Å². The molecule has 0 saturated carbocycles. The zero-order chi connectivity index (χ0) is 13.4. The first kappa shape index (κ1) is 13.3. The van der Waals surface area contributed by atoms with E-state index in [2.05, 4.69) is 38.2 Å². The molecule has 0 radical (unpaired) electrons.